The summed E-state index contributed by atoms with van der Waals surface area (Å²) in [5.74, 6) is 0. The molecule has 2 amide bonds. The maximum absolute atomic E-state index is 12.5. The van der Waals surface area contributed by atoms with Crippen LogP contribution in [0.25, 0.3) is 0 Å². The Labute approximate surface area is 122 Å². The Morgan fingerprint density at radius 1 is 1.43 bits per heavy atom. The van der Waals surface area contributed by atoms with Crippen LogP contribution in [0.15, 0.2) is 0 Å². The molecule has 1 aromatic rings. The second-order valence-electron chi connectivity index (χ2n) is 5.04. The molecule has 1 aromatic heterocycles. The smallest absolute Gasteiger partial charge is 0.331 e. The molecule has 8 heteroatoms. The fourth-order valence-electron chi connectivity index (χ4n) is 2.17. The van der Waals surface area contributed by atoms with Crippen molar-refractivity contribution >= 4 is 6.03 Å². The van der Waals surface area contributed by atoms with E-state index in [9.17, 15) is 18.0 Å². The van der Waals surface area contributed by atoms with Crippen LogP contribution < -0.4 is 5.32 Å². The summed E-state index contributed by atoms with van der Waals surface area (Å²) in [5, 5.41) is 6.68. The first-order valence-corrected chi connectivity index (χ1v) is 6.69. The van der Waals surface area contributed by atoms with Crippen LogP contribution in [0.3, 0.4) is 0 Å². The van der Waals surface area contributed by atoms with Gasteiger partial charge < -0.3 is 10.2 Å². The summed E-state index contributed by atoms with van der Waals surface area (Å²) in [6.07, 6.45) is -4.32. The number of hydrogen-bond acceptors (Lipinski definition) is 2. The van der Waals surface area contributed by atoms with Crippen molar-refractivity contribution < 1.29 is 18.0 Å². The molecule has 0 aliphatic rings. The SMILES string of the molecule is CCN(C)C(=O)N[C@H](C)c1c(C)nn(CC(F)(F)F)c1C. The van der Waals surface area contributed by atoms with Gasteiger partial charge >= 0.3 is 12.2 Å². The normalized spacial score (nSPS) is 13.1. The minimum atomic E-state index is -4.32. The number of rotatable bonds is 4. The van der Waals surface area contributed by atoms with E-state index in [4.69, 9.17) is 0 Å². The number of alkyl halides is 3. The summed E-state index contributed by atoms with van der Waals surface area (Å²) >= 11 is 0. The van der Waals surface area contributed by atoms with Gasteiger partial charge in [0.05, 0.1) is 11.7 Å². The zero-order valence-corrected chi connectivity index (χ0v) is 12.9. The van der Waals surface area contributed by atoms with Gasteiger partial charge in [0.1, 0.15) is 6.54 Å². The van der Waals surface area contributed by atoms with Crippen molar-refractivity contribution in [2.45, 2.75) is 46.5 Å². The number of nitrogens with one attached hydrogen (secondary N) is 1. The Morgan fingerprint density at radius 3 is 2.48 bits per heavy atom. The maximum Gasteiger partial charge on any atom is 0.408 e. The van der Waals surface area contributed by atoms with Crippen molar-refractivity contribution in [3.8, 4) is 0 Å². The van der Waals surface area contributed by atoms with Gasteiger partial charge in [-0.25, -0.2) is 4.79 Å². The van der Waals surface area contributed by atoms with Crippen LogP contribution in [0.1, 0.15) is 36.8 Å². The highest BCUT2D eigenvalue weighted by Gasteiger charge is 2.31. The van der Waals surface area contributed by atoms with E-state index in [1.807, 2.05) is 6.92 Å². The number of halogens is 3. The largest absolute Gasteiger partial charge is 0.408 e. The van der Waals surface area contributed by atoms with E-state index in [1.54, 1.807) is 27.8 Å². The lowest BCUT2D eigenvalue weighted by Gasteiger charge is -2.20. The average Bonchev–Trinajstić information content (AvgIpc) is 2.60. The van der Waals surface area contributed by atoms with Crippen LogP contribution in [0.4, 0.5) is 18.0 Å². The molecular weight excluding hydrogens is 285 g/mol. The minimum absolute atomic E-state index is 0.271. The topological polar surface area (TPSA) is 50.2 Å². The Kier molecular flexibility index (Phi) is 5.25. The molecule has 0 spiro atoms. The van der Waals surface area contributed by atoms with Crippen LogP contribution in [-0.2, 0) is 6.54 Å². The van der Waals surface area contributed by atoms with Crippen molar-refractivity contribution in [3.05, 3.63) is 17.0 Å². The van der Waals surface area contributed by atoms with Gasteiger partial charge in [-0.3, -0.25) is 4.68 Å². The van der Waals surface area contributed by atoms with Crippen LogP contribution in [0.5, 0.6) is 0 Å². The summed E-state index contributed by atoms with van der Waals surface area (Å²) in [5.41, 5.74) is 1.53. The zero-order chi connectivity index (χ0) is 16.4. The third kappa shape index (κ3) is 4.37. The third-order valence-electron chi connectivity index (χ3n) is 3.36. The van der Waals surface area contributed by atoms with Gasteiger partial charge in [-0.15, -0.1) is 0 Å². The molecule has 0 aliphatic carbocycles. The molecule has 0 bridgehead atoms. The number of nitrogens with zero attached hydrogens (tertiary/aromatic N) is 3. The lowest BCUT2D eigenvalue weighted by atomic mass is 10.1. The monoisotopic (exact) mass is 306 g/mol. The molecule has 1 atom stereocenters. The summed E-state index contributed by atoms with van der Waals surface area (Å²) < 4.78 is 38.4. The Hall–Kier alpha value is -1.73. The maximum atomic E-state index is 12.5. The van der Waals surface area contributed by atoms with Gasteiger partial charge in [-0.05, 0) is 27.7 Å². The molecule has 1 N–H and O–H groups in total. The molecule has 1 rings (SSSR count). The zero-order valence-electron chi connectivity index (χ0n) is 12.9. The van der Waals surface area contributed by atoms with Crippen molar-refractivity contribution in [3.63, 3.8) is 0 Å². The minimum Gasteiger partial charge on any atom is -0.331 e. The van der Waals surface area contributed by atoms with E-state index in [1.165, 1.54) is 4.90 Å². The Balaban J connectivity index is 2.95. The molecule has 0 aromatic carbocycles. The molecule has 120 valence electrons. The van der Waals surface area contributed by atoms with E-state index in [-0.39, 0.29) is 6.03 Å². The molecule has 1 heterocycles. The van der Waals surface area contributed by atoms with Gasteiger partial charge in [-0.2, -0.15) is 18.3 Å². The lowest BCUT2D eigenvalue weighted by molar-refractivity contribution is -0.143. The summed E-state index contributed by atoms with van der Waals surface area (Å²) in [6, 6.07) is -0.680. The van der Waals surface area contributed by atoms with Gasteiger partial charge in [-0.1, -0.05) is 0 Å². The Bertz CT molecular complexity index is 510. The first kappa shape index (κ1) is 17.3. The van der Waals surface area contributed by atoms with Gasteiger partial charge in [0.2, 0.25) is 0 Å². The average molecular weight is 306 g/mol. The number of urea groups is 1. The third-order valence-corrected chi connectivity index (χ3v) is 3.36. The van der Waals surface area contributed by atoms with Crippen molar-refractivity contribution in [1.82, 2.24) is 20.0 Å². The van der Waals surface area contributed by atoms with Crippen LogP contribution in [0.2, 0.25) is 0 Å². The molecule has 5 nitrogen and oxygen atoms in total. The molecular formula is C13H21F3N4O. The summed E-state index contributed by atoms with van der Waals surface area (Å²) in [7, 11) is 1.65. The fourth-order valence-corrected chi connectivity index (χ4v) is 2.17. The van der Waals surface area contributed by atoms with E-state index < -0.39 is 18.8 Å². The summed E-state index contributed by atoms with van der Waals surface area (Å²) in [4.78, 5) is 13.3. The number of aromatic nitrogens is 2. The first-order valence-electron chi connectivity index (χ1n) is 6.69. The van der Waals surface area contributed by atoms with E-state index >= 15 is 0 Å². The van der Waals surface area contributed by atoms with Crippen molar-refractivity contribution in [1.29, 1.82) is 0 Å². The van der Waals surface area contributed by atoms with Crippen LogP contribution >= 0.6 is 0 Å². The van der Waals surface area contributed by atoms with Crippen molar-refractivity contribution in [2.75, 3.05) is 13.6 Å². The molecule has 0 fully saturated rings. The van der Waals surface area contributed by atoms with Crippen LogP contribution in [0, 0.1) is 13.8 Å². The molecule has 0 saturated heterocycles. The van der Waals surface area contributed by atoms with Gasteiger partial charge in [0.25, 0.3) is 0 Å². The van der Waals surface area contributed by atoms with Gasteiger partial charge in [0, 0.05) is 24.8 Å². The predicted molar refractivity (Wildman–Crippen MR) is 73.0 cm³/mol. The first-order chi connectivity index (χ1) is 9.56. The van der Waals surface area contributed by atoms with Gasteiger partial charge in [0.15, 0.2) is 0 Å². The molecule has 0 radical (unpaired) electrons. The highest BCUT2D eigenvalue weighted by molar-refractivity contribution is 5.74. The number of amides is 2. The van der Waals surface area contributed by atoms with E-state index in [2.05, 4.69) is 10.4 Å². The van der Waals surface area contributed by atoms with Crippen molar-refractivity contribution in [2.24, 2.45) is 0 Å². The molecule has 21 heavy (non-hydrogen) atoms. The number of carbonyl (C=O) groups is 1. The summed E-state index contributed by atoms with van der Waals surface area (Å²) in [6.45, 7) is 6.20. The highest BCUT2D eigenvalue weighted by atomic mass is 19.4. The molecule has 0 aliphatic heterocycles. The standard InChI is InChI=1S/C13H21F3N4O/c1-6-19(5)12(21)17-8(2)11-9(3)18-20(10(11)4)7-13(14,15)16/h8H,6-7H2,1-5H3,(H,17,21)/t8-/m1/s1. The number of carbonyl (C=O) groups excluding carboxylic acids is 1. The Morgan fingerprint density at radius 2 is 2.00 bits per heavy atom. The van der Waals surface area contributed by atoms with E-state index in [0.717, 1.165) is 4.68 Å². The predicted octanol–water partition coefficient (Wildman–Crippen LogP) is 2.78. The fraction of sp³-hybridized carbons (Fsp3) is 0.692. The second-order valence-corrected chi connectivity index (χ2v) is 5.04. The second kappa shape index (κ2) is 6.36. The lowest BCUT2D eigenvalue weighted by Crippen LogP contribution is -2.38. The molecule has 0 saturated carbocycles. The quantitative estimate of drug-likeness (QED) is 0.930. The van der Waals surface area contributed by atoms with E-state index in [0.29, 0.717) is 23.5 Å². The highest BCUT2D eigenvalue weighted by Crippen LogP contribution is 2.25. The number of aryl methyl sites for hydroxylation is 1. The van der Waals surface area contributed by atoms with Crippen LogP contribution in [-0.4, -0.2) is 40.5 Å². The molecule has 0 unspecified atom stereocenters. The number of hydrogen-bond donors (Lipinski definition) is 1.